The first-order valence-electron chi connectivity index (χ1n) is 13.1. The highest BCUT2D eigenvalue weighted by Gasteiger charge is 2.25. The van der Waals surface area contributed by atoms with Gasteiger partial charge in [-0.05, 0) is 74.1 Å². The number of hydrogen-bond donors (Lipinski definition) is 0. The molecule has 0 saturated heterocycles. The van der Waals surface area contributed by atoms with Crippen LogP contribution in [0.1, 0.15) is 44.2 Å². The van der Waals surface area contributed by atoms with Gasteiger partial charge in [-0.15, -0.1) is 0 Å². The summed E-state index contributed by atoms with van der Waals surface area (Å²) >= 11 is 0. The molecule has 4 rings (SSSR count). The summed E-state index contributed by atoms with van der Waals surface area (Å²) in [6, 6.07) is 15.1. The Morgan fingerprint density at radius 1 is 0.780 bits per heavy atom. The van der Waals surface area contributed by atoms with Gasteiger partial charge < -0.3 is 14.2 Å². The predicted molar refractivity (Wildman–Crippen MR) is 155 cm³/mol. The summed E-state index contributed by atoms with van der Waals surface area (Å²) in [5.41, 5.74) is 4.89. The summed E-state index contributed by atoms with van der Waals surface area (Å²) in [7, 11) is 0. The summed E-state index contributed by atoms with van der Waals surface area (Å²) in [4.78, 5) is 36.2. The zero-order chi connectivity index (χ0) is 29.8. The third-order valence-corrected chi connectivity index (χ3v) is 6.77. The van der Waals surface area contributed by atoms with Gasteiger partial charge >= 0.3 is 17.9 Å². The van der Waals surface area contributed by atoms with Gasteiger partial charge in [0.2, 0.25) is 0 Å². The van der Waals surface area contributed by atoms with Gasteiger partial charge in [0.15, 0.2) is 0 Å². The molecule has 0 radical (unpaired) electrons. The fraction of sp³-hybridized carbons (Fsp3) is 0.206. The highest BCUT2D eigenvalue weighted by atomic mass is 19.1. The van der Waals surface area contributed by atoms with Crippen molar-refractivity contribution >= 4 is 17.9 Å². The Morgan fingerprint density at radius 3 is 2.05 bits per heavy atom. The Balaban J connectivity index is 1.65. The van der Waals surface area contributed by atoms with E-state index in [1.165, 1.54) is 32.0 Å². The lowest BCUT2D eigenvalue weighted by Crippen LogP contribution is -2.11. The van der Waals surface area contributed by atoms with Crippen molar-refractivity contribution in [1.82, 2.24) is 0 Å². The molecule has 41 heavy (non-hydrogen) atoms. The lowest BCUT2D eigenvalue weighted by molar-refractivity contribution is -0.139. The highest BCUT2D eigenvalue weighted by Crippen LogP contribution is 2.39. The van der Waals surface area contributed by atoms with Crippen LogP contribution in [0.3, 0.4) is 0 Å². The summed E-state index contributed by atoms with van der Waals surface area (Å²) in [6.45, 7) is 15.7. The molecule has 7 heteroatoms. The average molecular weight is 555 g/mol. The van der Waals surface area contributed by atoms with Crippen LogP contribution in [0, 0.1) is 5.82 Å². The zero-order valence-corrected chi connectivity index (χ0v) is 23.3. The van der Waals surface area contributed by atoms with Crippen molar-refractivity contribution in [2.45, 2.75) is 39.5 Å². The number of ether oxygens (including phenoxy) is 3. The van der Waals surface area contributed by atoms with Gasteiger partial charge in [-0.1, -0.05) is 50.1 Å². The number of esters is 3. The summed E-state index contributed by atoms with van der Waals surface area (Å²) in [5, 5.41) is 0. The van der Waals surface area contributed by atoms with E-state index in [0.29, 0.717) is 27.8 Å². The van der Waals surface area contributed by atoms with Gasteiger partial charge in [-0.3, -0.25) is 0 Å². The quantitative estimate of drug-likeness (QED) is 0.157. The smallest absolute Gasteiger partial charge is 0.338 e. The molecule has 0 heterocycles. The summed E-state index contributed by atoms with van der Waals surface area (Å²) in [5.74, 6) is -1.94. The molecule has 1 atom stereocenters. The lowest BCUT2D eigenvalue weighted by Gasteiger charge is -2.15. The van der Waals surface area contributed by atoms with Gasteiger partial charge in [0.25, 0.3) is 0 Å². The Hall–Kier alpha value is -4.78. The van der Waals surface area contributed by atoms with Crippen LogP contribution in [0.2, 0.25) is 0 Å². The van der Waals surface area contributed by atoms with E-state index in [2.05, 4.69) is 19.7 Å². The number of aryl methyl sites for hydroxylation is 1. The molecule has 0 saturated carbocycles. The van der Waals surface area contributed by atoms with Crippen molar-refractivity contribution < 1.29 is 33.0 Å². The largest absolute Gasteiger partial charge is 0.462 e. The Kier molecular flexibility index (Phi) is 8.67. The van der Waals surface area contributed by atoms with Crippen molar-refractivity contribution in [2.24, 2.45) is 0 Å². The maximum absolute atomic E-state index is 15.6. The first-order valence-corrected chi connectivity index (χ1v) is 13.1. The number of carbonyl (C=O) groups excluding carboxylic acids is 3. The second-order valence-electron chi connectivity index (χ2n) is 10.2. The van der Waals surface area contributed by atoms with Crippen molar-refractivity contribution in [1.29, 1.82) is 0 Å². The Labute approximate surface area is 238 Å². The SMILES string of the molecule is C=C(C)C(=O)OCC1CCc2ccc(-c3ccc(-c4ccc(OC(=O)C(=C)C)cc4OC(=O)C(=C)C)cc3F)cc21. The minimum Gasteiger partial charge on any atom is -0.462 e. The van der Waals surface area contributed by atoms with Crippen LogP contribution < -0.4 is 9.47 Å². The van der Waals surface area contributed by atoms with E-state index in [1.54, 1.807) is 25.1 Å². The number of carbonyl (C=O) groups is 3. The van der Waals surface area contributed by atoms with Gasteiger partial charge in [-0.2, -0.15) is 0 Å². The Morgan fingerprint density at radius 2 is 1.39 bits per heavy atom. The number of hydrogen-bond acceptors (Lipinski definition) is 6. The van der Waals surface area contributed by atoms with Gasteiger partial charge in [0.05, 0.1) is 6.61 Å². The number of fused-ring (bicyclic) bond motifs is 1. The van der Waals surface area contributed by atoms with Crippen LogP contribution in [0.5, 0.6) is 11.5 Å². The fourth-order valence-electron chi connectivity index (χ4n) is 4.51. The predicted octanol–water partition coefficient (Wildman–Crippen LogP) is 7.27. The summed E-state index contributed by atoms with van der Waals surface area (Å²) in [6.07, 6.45) is 1.70. The van der Waals surface area contributed by atoms with Gasteiger partial charge in [0, 0.05) is 39.8 Å². The van der Waals surface area contributed by atoms with Crippen molar-refractivity contribution in [3.8, 4) is 33.8 Å². The second kappa shape index (κ2) is 12.2. The molecule has 6 nitrogen and oxygen atoms in total. The van der Waals surface area contributed by atoms with E-state index in [9.17, 15) is 14.4 Å². The second-order valence-corrected chi connectivity index (χ2v) is 10.2. The topological polar surface area (TPSA) is 78.9 Å². The summed E-state index contributed by atoms with van der Waals surface area (Å²) < 4.78 is 31.8. The molecular formula is C34H31FO6. The van der Waals surface area contributed by atoms with Crippen LogP contribution >= 0.6 is 0 Å². The standard InChI is InChI=1S/C34H31FO6/c1-19(2)32(36)39-18-25-10-8-22-7-9-23(15-29(22)25)27-13-11-24(16-30(27)35)28-14-12-26(40-33(37)20(3)4)17-31(28)41-34(38)21(5)6/h7,9,11-17,25H,1,3,5,8,10,18H2,2,4,6H3. The van der Waals surface area contributed by atoms with E-state index in [4.69, 9.17) is 14.2 Å². The van der Waals surface area contributed by atoms with Crippen LogP contribution in [0.25, 0.3) is 22.3 Å². The average Bonchev–Trinajstić information content (AvgIpc) is 3.33. The van der Waals surface area contributed by atoms with Crippen LogP contribution in [-0.4, -0.2) is 24.5 Å². The van der Waals surface area contributed by atoms with Crippen molar-refractivity contribution in [2.75, 3.05) is 6.61 Å². The molecule has 210 valence electrons. The lowest BCUT2D eigenvalue weighted by atomic mass is 9.94. The molecule has 0 spiro atoms. The van der Waals surface area contributed by atoms with E-state index in [1.807, 2.05) is 18.2 Å². The van der Waals surface area contributed by atoms with Crippen molar-refractivity contribution in [3.63, 3.8) is 0 Å². The molecule has 0 N–H and O–H groups in total. The number of benzene rings is 3. The molecule has 0 amide bonds. The van der Waals surface area contributed by atoms with Gasteiger partial charge in [-0.25, -0.2) is 18.8 Å². The minimum absolute atomic E-state index is 0.0265. The molecule has 0 bridgehead atoms. The molecule has 1 unspecified atom stereocenters. The minimum atomic E-state index is -0.673. The monoisotopic (exact) mass is 554 g/mol. The third kappa shape index (κ3) is 6.69. The molecule has 0 fully saturated rings. The highest BCUT2D eigenvalue weighted by molar-refractivity contribution is 5.91. The van der Waals surface area contributed by atoms with E-state index in [0.717, 1.165) is 24.0 Å². The number of halogens is 1. The van der Waals surface area contributed by atoms with E-state index in [-0.39, 0.29) is 35.2 Å². The van der Waals surface area contributed by atoms with Gasteiger partial charge in [0.1, 0.15) is 17.3 Å². The van der Waals surface area contributed by atoms with Crippen LogP contribution in [0.4, 0.5) is 4.39 Å². The maximum atomic E-state index is 15.6. The molecular weight excluding hydrogens is 523 g/mol. The molecule has 1 aliphatic rings. The molecule has 3 aromatic carbocycles. The Bertz CT molecular complexity index is 1600. The first-order chi connectivity index (χ1) is 19.4. The molecule has 0 aliphatic heterocycles. The van der Waals surface area contributed by atoms with Crippen LogP contribution in [-0.2, 0) is 25.5 Å². The fourth-order valence-corrected chi connectivity index (χ4v) is 4.51. The van der Waals surface area contributed by atoms with E-state index >= 15 is 4.39 Å². The third-order valence-electron chi connectivity index (χ3n) is 6.77. The number of rotatable bonds is 9. The molecule has 0 aromatic heterocycles. The van der Waals surface area contributed by atoms with E-state index < -0.39 is 23.7 Å². The van der Waals surface area contributed by atoms with Crippen LogP contribution in [0.15, 0.2) is 91.1 Å². The van der Waals surface area contributed by atoms with Crippen molar-refractivity contribution in [3.05, 3.63) is 108 Å². The molecule has 1 aliphatic carbocycles. The maximum Gasteiger partial charge on any atom is 0.338 e. The normalized spacial score (nSPS) is 13.6. The zero-order valence-electron chi connectivity index (χ0n) is 23.3. The molecule has 3 aromatic rings. The first kappa shape index (κ1) is 29.2.